The summed E-state index contributed by atoms with van der Waals surface area (Å²) in [6.07, 6.45) is 0. The highest BCUT2D eigenvalue weighted by Gasteiger charge is 2.11. The van der Waals surface area contributed by atoms with Crippen LogP contribution in [0.3, 0.4) is 0 Å². The number of ether oxygens (including phenoxy) is 1. The van der Waals surface area contributed by atoms with Gasteiger partial charge in [0.2, 0.25) is 0 Å². The Labute approximate surface area is 169 Å². The molecule has 0 aromatic heterocycles. The quantitative estimate of drug-likeness (QED) is 0.577. The number of methoxy groups -OCH3 is 1. The third kappa shape index (κ3) is 5.59. The first kappa shape index (κ1) is 19.9. The van der Waals surface area contributed by atoms with Crippen LogP contribution in [-0.2, 0) is 6.54 Å². The zero-order valence-corrected chi connectivity index (χ0v) is 16.4. The molecule has 148 valence electrons. The minimum atomic E-state index is -0.350. The van der Waals surface area contributed by atoms with E-state index in [9.17, 15) is 9.59 Å². The molecule has 0 heterocycles. The number of nitrogens with one attached hydrogen (secondary N) is 3. The molecule has 3 aromatic carbocycles. The van der Waals surface area contributed by atoms with Gasteiger partial charge in [0.15, 0.2) is 0 Å². The topological polar surface area (TPSA) is 79.5 Å². The van der Waals surface area contributed by atoms with Crippen LogP contribution >= 0.6 is 0 Å². The summed E-state index contributed by atoms with van der Waals surface area (Å²) >= 11 is 0. The van der Waals surface area contributed by atoms with Crippen molar-refractivity contribution in [1.82, 2.24) is 5.32 Å². The Balaban J connectivity index is 1.63. The van der Waals surface area contributed by atoms with E-state index in [4.69, 9.17) is 4.74 Å². The van der Waals surface area contributed by atoms with Crippen LogP contribution in [0.1, 0.15) is 21.5 Å². The fourth-order valence-corrected chi connectivity index (χ4v) is 2.75. The summed E-state index contributed by atoms with van der Waals surface area (Å²) in [6, 6.07) is 21.5. The van der Waals surface area contributed by atoms with Gasteiger partial charge in [-0.25, -0.2) is 4.79 Å². The summed E-state index contributed by atoms with van der Waals surface area (Å²) in [5, 5.41) is 8.45. The Morgan fingerprint density at radius 1 is 0.897 bits per heavy atom. The van der Waals surface area contributed by atoms with E-state index in [1.807, 2.05) is 61.5 Å². The number of aryl methyl sites for hydroxylation is 1. The molecule has 6 heteroatoms. The predicted molar refractivity (Wildman–Crippen MR) is 114 cm³/mol. The minimum absolute atomic E-state index is 0.240. The summed E-state index contributed by atoms with van der Waals surface area (Å²) in [6.45, 7) is 2.23. The van der Waals surface area contributed by atoms with Crippen LogP contribution < -0.4 is 20.7 Å². The smallest absolute Gasteiger partial charge is 0.319 e. The first-order valence-corrected chi connectivity index (χ1v) is 9.20. The van der Waals surface area contributed by atoms with Gasteiger partial charge in [0.25, 0.3) is 5.91 Å². The molecule has 0 radical (unpaired) electrons. The number of hydrogen-bond donors (Lipinski definition) is 3. The molecule has 0 spiro atoms. The molecule has 0 saturated heterocycles. The first-order valence-electron chi connectivity index (χ1n) is 9.20. The second-order valence-corrected chi connectivity index (χ2v) is 6.51. The molecule has 0 aliphatic heterocycles. The van der Waals surface area contributed by atoms with E-state index < -0.39 is 0 Å². The van der Waals surface area contributed by atoms with Crippen LogP contribution in [0.4, 0.5) is 16.2 Å². The number of carbonyl (C=O) groups is 2. The zero-order chi connectivity index (χ0) is 20.6. The molecule has 0 saturated carbocycles. The average Bonchev–Trinajstić information content (AvgIpc) is 2.74. The van der Waals surface area contributed by atoms with Gasteiger partial charge in [-0.2, -0.15) is 0 Å². The molecule has 3 rings (SSSR count). The Morgan fingerprint density at radius 2 is 1.69 bits per heavy atom. The van der Waals surface area contributed by atoms with Crippen molar-refractivity contribution in [1.29, 1.82) is 0 Å². The van der Waals surface area contributed by atoms with E-state index in [0.29, 0.717) is 23.5 Å². The van der Waals surface area contributed by atoms with E-state index in [0.717, 1.165) is 16.9 Å². The number of anilines is 2. The number of para-hydroxylation sites is 1. The van der Waals surface area contributed by atoms with Gasteiger partial charge >= 0.3 is 6.03 Å². The molecule has 0 fully saturated rings. The van der Waals surface area contributed by atoms with Gasteiger partial charge < -0.3 is 20.7 Å². The van der Waals surface area contributed by atoms with Gasteiger partial charge in [-0.05, 0) is 54.4 Å². The van der Waals surface area contributed by atoms with E-state index in [2.05, 4.69) is 16.0 Å². The van der Waals surface area contributed by atoms with Gasteiger partial charge in [-0.15, -0.1) is 0 Å². The Kier molecular flexibility index (Phi) is 6.47. The van der Waals surface area contributed by atoms with Crippen LogP contribution in [0.25, 0.3) is 0 Å². The highest BCUT2D eigenvalue weighted by Crippen LogP contribution is 2.18. The van der Waals surface area contributed by atoms with Gasteiger partial charge in [0.1, 0.15) is 5.75 Å². The SMILES string of the molecule is COc1cccc(CNC(=O)Nc2cc(C(=O)Nc3ccccc3)ccc2C)c1. The lowest BCUT2D eigenvalue weighted by Crippen LogP contribution is -2.28. The molecular weight excluding hydrogens is 366 g/mol. The fraction of sp³-hybridized carbons (Fsp3) is 0.130. The monoisotopic (exact) mass is 389 g/mol. The lowest BCUT2D eigenvalue weighted by molar-refractivity contribution is 0.102. The molecule has 3 aromatic rings. The highest BCUT2D eigenvalue weighted by atomic mass is 16.5. The van der Waals surface area contributed by atoms with Crippen LogP contribution in [0.2, 0.25) is 0 Å². The van der Waals surface area contributed by atoms with Crippen molar-refractivity contribution < 1.29 is 14.3 Å². The van der Waals surface area contributed by atoms with Gasteiger partial charge in [0, 0.05) is 23.5 Å². The number of carbonyl (C=O) groups excluding carboxylic acids is 2. The van der Waals surface area contributed by atoms with Crippen molar-refractivity contribution in [3.8, 4) is 5.75 Å². The number of urea groups is 1. The maximum Gasteiger partial charge on any atom is 0.319 e. The predicted octanol–water partition coefficient (Wildman–Crippen LogP) is 4.58. The van der Waals surface area contributed by atoms with Crippen LogP contribution in [0, 0.1) is 6.92 Å². The number of rotatable bonds is 6. The molecule has 29 heavy (non-hydrogen) atoms. The lowest BCUT2D eigenvalue weighted by Gasteiger charge is -2.12. The highest BCUT2D eigenvalue weighted by molar-refractivity contribution is 6.05. The summed E-state index contributed by atoms with van der Waals surface area (Å²) in [5.74, 6) is 0.494. The maximum absolute atomic E-state index is 12.5. The van der Waals surface area contributed by atoms with Crippen molar-refractivity contribution in [3.63, 3.8) is 0 Å². The number of hydrogen-bond acceptors (Lipinski definition) is 3. The Bertz CT molecular complexity index is 1000. The lowest BCUT2D eigenvalue weighted by atomic mass is 10.1. The van der Waals surface area contributed by atoms with Gasteiger partial charge in [0.05, 0.1) is 7.11 Å². The van der Waals surface area contributed by atoms with Crippen LogP contribution in [0.15, 0.2) is 72.8 Å². The van der Waals surface area contributed by atoms with Crippen molar-refractivity contribution in [2.75, 3.05) is 17.7 Å². The van der Waals surface area contributed by atoms with Crippen LogP contribution in [-0.4, -0.2) is 19.0 Å². The fourth-order valence-electron chi connectivity index (χ4n) is 2.75. The maximum atomic E-state index is 12.5. The first-order chi connectivity index (χ1) is 14.0. The molecule has 0 aliphatic rings. The summed E-state index contributed by atoms with van der Waals surface area (Å²) in [4.78, 5) is 24.8. The summed E-state index contributed by atoms with van der Waals surface area (Å²) < 4.78 is 5.18. The largest absolute Gasteiger partial charge is 0.497 e. The van der Waals surface area contributed by atoms with E-state index in [1.54, 1.807) is 25.3 Å². The third-order valence-corrected chi connectivity index (χ3v) is 4.37. The Hall–Kier alpha value is -3.80. The second kappa shape index (κ2) is 9.41. The van der Waals surface area contributed by atoms with Crippen molar-refractivity contribution in [3.05, 3.63) is 89.5 Å². The molecule has 0 aliphatic carbocycles. The third-order valence-electron chi connectivity index (χ3n) is 4.37. The zero-order valence-electron chi connectivity index (χ0n) is 16.4. The summed E-state index contributed by atoms with van der Waals surface area (Å²) in [7, 11) is 1.60. The number of benzene rings is 3. The van der Waals surface area contributed by atoms with Crippen LogP contribution in [0.5, 0.6) is 5.75 Å². The normalized spacial score (nSPS) is 10.1. The average molecular weight is 389 g/mol. The van der Waals surface area contributed by atoms with Gasteiger partial charge in [-0.3, -0.25) is 4.79 Å². The molecule has 3 amide bonds. The van der Waals surface area contributed by atoms with Crippen molar-refractivity contribution in [2.45, 2.75) is 13.5 Å². The van der Waals surface area contributed by atoms with Gasteiger partial charge in [-0.1, -0.05) is 36.4 Å². The standard InChI is InChI=1S/C23H23N3O3/c1-16-11-12-18(22(27)25-19-8-4-3-5-9-19)14-21(16)26-23(28)24-15-17-7-6-10-20(13-17)29-2/h3-14H,15H2,1-2H3,(H,25,27)(H2,24,26,28). The molecule has 0 unspecified atom stereocenters. The second-order valence-electron chi connectivity index (χ2n) is 6.51. The Morgan fingerprint density at radius 3 is 2.45 bits per heavy atom. The molecule has 0 atom stereocenters. The van der Waals surface area contributed by atoms with Crippen molar-refractivity contribution >= 4 is 23.3 Å². The molecule has 3 N–H and O–H groups in total. The minimum Gasteiger partial charge on any atom is -0.497 e. The molecule has 0 bridgehead atoms. The summed E-state index contributed by atoms with van der Waals surface area (Å²) in [5.41, 5.74) is 3.53. The van der Waals surface area contributed by atoms with E-state index in [-0.39, 0.29) is 11.9 Å². The van der Waals surface area contributed by atoms with Crippen molar-refractivity contribution in [2.24, 2.45) is 0 Å². The molecule has 6 nitrogen and oxygen atoms in total. The molecular formula is C23H23N3O3. The van der Waals surface area contributed by atoms with E-state index in [1.165, 1.54) is 0 Å². The van der Waals surface area contributed by atoms with E-state index >= 15 is 0 Å². The number of amides is 3.